The molecular weight excluding hydrogens is 327 g/mol. The number of halogens is 3. The quantitative estimate of drug-likeness (QED) is 0.848. The molecule has 0 bridgehead atoms. The van der Waals surface area contributed by atoms with Crippen molar-refractivity contribution in [3.63, 3.8) is 0 Å². The van der Waals surface area contributed by atoms with Gasteiger partial charge in [0, 0.05) is 12.6 Å². The molecule has 2 aliphatic rings. The Hall–Kier alpha value is -2.50. The van der Waals surface area contributed by atoms with Crippen molar-refractivity contribution >= 4 is 11.6 Å². The molecule has 2 aromatic rings. The molecule has 1 aliphatic heterocycles. The number of hydrogen-bond donors (Lipinski definition) is 1. The molecular formula is C19H18F3N3. The standard InChI is InChI=1S/C19H18F3N3/c20-19(21,22)15-7-5-14-11-25(18(23)24-17(14)10-15)16-8-6-12-3-1-2-4-13(12)9-16/h1-5,7,10,16H,6,8-9,11H2,(H2,23,24). The third-order valence-electron chi connectivity index (χ3n) is 5.04. The van der Waals surface area contributed by atoms with Crippen molar-refractivity contribution in [2.24, 2.45) is 10.7 Å². The Morgan fingerprint density at radius 2 is 1.80 bits per heavy atom. The van der Waals surface area contributed by atoms with Gasteiger partial charge in [-0.1, -0.05) is 30.3 Å². The Morgan fingerprint density at radius 1 is 1.04 bits per heavy atom. The SMILES string of the molecule is NC1=Nc2cc(C(F)(F)F)ccc2CN1C1CCc2ccccc2C1. The highest BCUT2D eigenvalue weighted by Crippen LogP contribution is 2.36. The Kier molecular flexibility index (Phi) is 3.71. The van der Waals surface area contributed by atoms with Gasteiger partial charge in [-0.3, -0.25) is 0 Å². The van der Waals surface area contributed by atoms with Crippen LogP contribution < -0.4 is 5.73 Å². The maximum Gasteiger partial charge on any atom is 0.416 e. The zero-order chi connectivity index (χ0) is 17.6. The molecule has 0 amide bonds. The maximum absolute atomic E-state index is 12.9. The average Bonchev–Trinajstić information content (AvgIpc) is 2.59. The first-order chi connectivity index (χ1) is 11.9. The molecule has 3 nitrogen and oxygen atoms in total. The molecule has 130 valence electrons. The van der Waals surface area contributed by atoms with Crippen LogP contribution in [0, 0.1) is 0 Å². The number of guanidine groups is 1. The predicted molar refractivity (Wildman–Crippen MR) is 90.5 cm³/mol. The van der Waals surface area contributed by atoms with E-state index in [9.17, 15) is 13.2 Å². The van der Waals surface area contributed by atoms with Gasteiger partial charge in [-0.2, -0.15) is 13.2 Å². The number of alkyl halides is 3. The minimum absolute atomic E-state index is 0.217. The summed E-state index contributed by atoms with van der Waals surface area (Å²) in [5.41, 5.74) is 9.18. The summed E-state index contributed by atoms with van der Waals surface area (Å²) in [6, 6.07) is 12.3. The van der Waals surface area contributed by atoms with E-state index in [1.807, 2.05) is 17.0 Å². The van der Waals surface area contributed by atoms with E-state index in [4.69, 9.17) is 5.73 Å². The molecule has 0 saturated heterocycles. The summed E-state index contributed by atoms with van der Waals surface area (Å²) in [7, 11) is 0. The zero-order valence-electron chi connectivity index (χ0n) is 13.6. The van der Waals surface area contributed by atoms with Gasteiger partial charge in [-0.15, -0.1) is 0 Å². The molecule has 1 unspecified atom stereocenters. The number of aryl methyl sites for hydroxylation is 1. The van der Waals surface area contributed by atoms with Crippen LogP contribution in [-0.2, 0) is 25.6 Å². The summed E-state index contributed by atoms with van der Waals surface area (Å²) in [6.45, 7) is 0.496. The molecule has 0 spiro atoms. The average molecular weight is 345 g/mol. The third kappa shape index (κ3) is 2.97. The van der Waals surface area contributed by atoms with Crippen LogP contribution in [0.25, 0.3) is 0 Å². The third-order valence-corrected chi connectivity index (χ3v) is 5.04. The number of hydrogen-bond acceptors (Lipinski definition) is 3. The van der Waals surface area contributed by atoms with Crippen molar-refractivity contribution in [3.05, 3.63) is 64.7 Å². The lowest BCUT2D eigenvalue weighted by Crippen LogP contribution is -2.47. The summed E-state index contributed by atoms with van der Waals surface area (Å²) in [5.74, 6) is 0.302. The molecule has 4 rings (SSSR count). The highest BCUT2D eigenvalue weighted by molar-refractivity contribution is 5.84. The van der Waals surface area contributed by atoms with Crippen LogP contribution in [0.2, 0.25) is 0 Å². The first-order valence-corrected chi connectivity index (χ1v) is 8.29. The Labute approximate surface area is 144 Å². The summed E-state index contributed by atoms with van der Waals surface area (Å²) < 4.78 is 38.6. The minimum Gasteiger partial charge on any atom is -0.369 e. The fraction of sp³-hybridized carbons (Fsp3) is 0.316. The monoisotopic (exact) mass is 345 g/mol. The smallest absolute Gasteiger partial charge is 0.369 e. The molecule has 0 fully saturated rings. The number of fused-ring (bicyclic) bond motifs is 2. The lowest BCUT2D eigenvalue weighted by atomic mass is 9.87. The minimum atomic E-state index is -4.37. The second kappa shape index (κ2) is 5.79. The van der Waals surface area contributed by atoms with Gasteiger partial charge >= 0.3 is 6.18 Å². The van der Waals surface area contributed by atoms with Crippen molar-refractivity contribution in [1.29, 1.82) is 0 Å². The van der Waals surface area contributed by atoms with Crippen molar-refractivity contribution in [1.82, 2.24) is 4.90 Å². The van der Waals surface area contributed by atoms with Gasteiger partial charge in [0.2, 0.25) is 0 Å². The van der Waals surface area contributed by atoms with Crippen LogP contribution in [-0.4, -0.2) is 16.9 Å². The van der Waals surface area contributed by atoms with Gasteiger partial charge in [-0.25, -0.2) is 4.99 Å². The number of aliphatic imine (C=N–C) groups is 1. The van der Waals surface area contributed by atoms with Crippen LogP contribution in [0.1, 0.15) is 28.7 Å². The maximum atomic E-state index is 12.9. The van der Waals surface area contributed by atoms with E-state index in [2.05, 4.69) is 17.1 Å². The van der Waals surface area contributed by atoms with E-state index >= 15 is 0 Å². The van der Waals surface area contributed by atoms with Crippen LogP contribution >= 0.6 is 0 Å². The van der Waals surface area contributed by atoms with Crippen molar-refractivity contribution in [3.8, 4) is 0 Å². The lowest BCUT2D eigenvalue weighted by Gasteiger charge is -2.38. The normalized spacial score (nSPS) is 19.9. The van der Waals surface area contributed by atoms with Crippen LogP contribution in [0.3, 0.4) is 0 Å². The van der Waals surface area contributed by atoms with Crippen LogP contribution in [0.4, 0.5) is 18.9 Å². The van der Waals surface area contributed by atoms with Gasteiger partial charge in [0.05, 0.1) is 11.3 Å². The van der Waals surface area contributed by atoms with Gasteiger partial charge in [-0.05, 0) is 48.1 Å². The van der Waals surface area contributed by atoms with Gasteiger partial charge in [0.25, 0.3) is 0 Å². The second-order valence-corrected chi connectivity index (χ2v) is 6.60. The summed E-state index contributed by atoms with van der Waals surface area (Å²) in [4.78, 5) is 6.27. The van der Waals surface area contributed by atoms with E-state index < -0.39 is 11.7 Å². The van der Waals surface area contributed by atoms with E-state index in [0.717, 1.165) is 37.0 Å². The van der Waals surface area contributed by atoms with E-state index in [-0.39, 0.29) is 6.04 Å². The molecule has 0 radical (unpaired) electrons. The summed E-state index contributed by atoms with van der Waals surface area (Å²) in [6.07, 6.45) is -1.56. The largest absolute Gasteiger partial charge is 0.416 e. The first kappa shape index (κ1) is 16.0. The Bertz CT molecular complexity index is 842. The molecule has 0 saturated carbocycles. The Morgan fingerprint density at radius 3 is 2.56 bits per heavy atom. The van der Waals surface area contributed by atoms with E-state index in [1.54, 1.807) is 0 Å². The number of benzene rings is 2. The summed E-state index contributed by atoms with van der Waals surface area (Å²) in [5, 5.41) is 0. The second-order valence-electron chi connectivity index (χ2n) is 6.60. The molecule has 1 aliphatic carbocycles. The van der Waals surface area contributed by atoms with E-state index in [1.165, 1.54) is 17.2 Å². The highest BCUT2D eigenvalue weighted by atomic mass is 19.4. The molecule has 1 heterocycles. The first-order valence-electron chi connectivity index (χ1n) is 8.29. The molecule has 2 N–H and O–H groups in total. The number of rotatable bonds is 1. The molecule has 1 atom stereocenters. The van der Waals surface area contributed by atoms with Crippen molar-refractivity contribution in [2.75, 3.05) is 0 Å². The van der Waals surface area contributed by atoms with Crippen molar-refractivity contribution < 1.29 is 13.2 Å². The van der Waals surface area contributed by atoms with Gasteiger partial charge in [0.1, 0.15) is 0 Å². The zero-order valence-corrected chi connectivity index (χ0v) is 13.6. The van der Waals surface area contributed by atoms with Crippen LogP contribution in [0.5, 0.6) is 0 Å². The van der Waals surface area contributed by atoms with Crippen LogP contribution in [0.15, 0.2) is 47.5 Å². The molecule has 25 heavy (non-hydrogen) atoms. The molecule has 0 aromatic heterocycles. The summed E-state index contributed by atoms with van der Waals surface area (Å²) >= 11 is 0. The fourth-order valence-corrected chi connectivity index (χ4v) is 3.69. The predicted octanol–water partition coefficient (Wildman–Crippen LogP) is 4.02. The van der Waals surface area contributed by atoms with E-state index in [0.29, 0.717) is 18.2 Å². The topological polar surface area (TPSA) is 41.6 Å². The Balaban J connectivity index is 1.60. The van der Waals surface area contributed by atoms with Gasteiger partial charge < -0.3 is 10.6 Å². The highest BCUT2D eigenvalue weighted by Gasteiger charge is 2.33. The molecule has 2 aromatic carbocycles. The number of nitrogens with two attached hydrogens (primary N) is 1. The molecule has 6 heteroatoms. The van der Waals surface area contributed by atoms with Crippen molar-refractivity contribution in [2.45, 2.75) is 38.0 Å². The fourth-order valence-electron chi connectivity index (χ4n) is 3.69. The number of nitrogens with zero attached hydrogens (tertiary/aromatic N) is 2. The van der Waals surface area contributed by atoms with Gasteiger partial charge in [0.15, 0.2) is 5.96 Å². The lowest BCUT2D eigenvalue weighted by molar-refractivity contribution is -0.137.